The van der Waals surface area contributed by atoms with E-state index in [0.29, 0.717) is 9.15 Å². The van der Waals surface area contributed by atoms with Crippen molar-refractivity contribution < 1.29 is 34.2 Å². The number of likely N-dealkylation sites (N-methyl/N-ethyl adjacent to an activating group) is 1. The average Bonchev–Trinajstić information content (AvgIpc) is 3.08. The highest BCUT2D eigenvalue weighted by Crippen LogP contribution is 2.33. The third kappa shape index (κ3) is 6.48. The Hall–Kier alpha value is -2.58. The number of carboxylic acid groups (broad SMARTS) is 2. The molecule has 0 aliphatic carbocycles. The van der Waals surface area contributed by atoms with E-state index >= 15 is 0 Å². The van der Waals surface area contributed by atoms with Gasteiger partial charge in [0, 0.05) is 22.0 Å². The van der Waals surface area contributed by atoms with Gasteiger partial charge in [0.1, 0.15) is 11.1 Å². The first-order chi connectivity index (χ1) is 15.7. The van der Waals surface area contributed by atoms with Crippen LogP contribution in [0.1, 0.15) is 12.0 Å². The normalized spacial score (nSPS) is 22.4. The van der Waals surface area contributed by atoms with Crippen LogP contribution in [0.3, 0.4) is 0 Å². The summed E-state index contributed by atoms with van der Waals surface area (Å²) < 4.78 is 0.610. The molecule has 1 aromatic carbocycles. The summed E-state index contributed by atoms with van der Waals surface area (Å²) in [4.78, 5) is 52.7. The first-order valence-electron chi connectivity index (χ1n) is 9.87. The van der Waals surface area contributed by atoms with Gasteiger partial charge in [0.2, 0.25) is 5.91 Å². The topological polar surface area (TPSA) is 145 Å². The minimum absolute atomic E-state index is 0.00518. The van der Waals surface area contributed by atoms with Crippen molar-refractivity contribution in [3.8, 4) is 0 Å². The first-order valence-corrected chi connectivity index (χ1v) is 12.0. The number of carboxylic acids is 2. The van der Waals surface area contributed by atoms with E-state index in [0.717, 1.165) is 5.56 Å². The summed E-state index contributed by atoms with van der Waals surface area (Å²) in [5.74, 6) is -3.17. The van der Waals surface area contributed by atoms with Gasteiger partial charge in [0.25, 0.3) is 0 Å². The largest absolute Gasteiger partial charge is 0.480 e. The Balaban J connectivity index is 1.76. The van der Waals surface area contributed by atoms with Crippen molar-refractivity contribution in [2.75, 3.05) is 12.8 Å². The zero-order valence-corrected chi connectivity index (χ0v) is 20.5. The lowest BCUT2D eigenvalue weighted by Crippen LogP contribution is -2.54. The number of nitrogens with one attached hydrogen (secondary N) is 2. The first kappa shape index (κ1) is 25.1. The molecular weight excluding hydrogens is 565 g/mol. The maximum atomic E-state index is 12.4. The van der Waals surface area contributed by atoms with Gasteiger partial charge in [-0.3, -0.25) is 9.59 Å². The van der Waals surface area contributed by atoms with Crippen LogP contribution in [0.4, 0.5) is 0 Å². The third-order valence-electron chi connectivity index (χ3n) is 5.02. The lowest BCUT2D eigenvalue weighted by atomic mass is 10.1. The molecule has 3 atom stereocenters. The number of amides is 1. The van der Waals surface area contributed by atoms with Gasteiger partial charge in [-0.25, -0.2) is 9.59 Å². The molecule has 0 bridgehead atoms. The maximum absolute atomic E-state index is 12.4. The van der Waals surface area contributed by atoms with Crippen LogP contribution in [0.25, 0.3) is 0 Å². The maximum Gasteiger partial charge on any atom is 0.352 e. The summed E-state index contributed by atoms with van der Waals surface area (Å²) in [5, 5.41) is 25.2. The summed E-state index contributed by atoms with van der Waals surface area (Å²) in [6.45, 7) is 0. The van der Waals surface area contributed by atoms with Gasteiger partial charge in [0.05, 0.1) is 18.9 Å². The number of carbonyl (C=O) groups is 4. The number of benzene rings is 1. The Bertz CT molecular complexity index is 1010. The Kier molecular flexibility index (Phi) is 8.37. The summed E-state index contributed by atoms with van der Waals surface area (Å²) in [5.41, 5.74) is 1.06. The molecule has 1 aromatic rings. The molecule has 2 aliphatic heterocycles. The molecule has 1 saturated heterocycles. The molecule has 4 N–H and O–H groups in total. The quantitative estimate of drug-likeness (QED) is 0.329. The standard InChI is InChI=1S/C21H22IN3O7S/c1-25-12(9-16(27)32-25)8-14(22)13-10-33-19(24-17(13)20(28)29)18(21(30)31)23-15(26)7-11-5-3-2-4-6-11/h2-6,8,12,18-19,24H,7,9-10H2,1H3,(H,23,26)(H,28,29)(H,30,31)/b14-8-. The van der Waals surface area contributed by atoms with E-state index in [1.54, 1.807) is 37.4 Å². The number of halogens is 1. The summed E-state index contributed by atoms with van der Waals surface area (Å²) >= 11 is 3.17. The summed E-state index contributed by atoms with van der Waals surface area (Å²) in [6, 6.07) is 7.22. The number of hydrogen-bond donors (Lipinski definition) is 4. The average molecular weight is 587 g/mol. The predicted molar refractivity (Wildman–Crippen MR) is 128 cm³/mol. The van der Waals surface area contributed by atoms with Crippen molar-refractivity contribution in [1.29, 1.82) is 0 Å². The van der Waals surface area contributed by atoms with Crippen LogP contribution >= 0.6 is 34.4 Å². The van der Waals surface area contributed by atoms with Crippen molar-refractivity contribution in [3.63, 3.8) is 0 Å². The molecule has 33 heavy (non-hydrogen) atoms. The second-order valence-corrected chi connectivity index (χ2v) is 9.67. The van der Waals surface area contributed by atoms with Crippen molar-refractivity contribution in [1.82, 2.24) is 15.7 Å². The molecule has 2 aliphatic rings. The fourth-order valence-electron chi connectivity index (χ4n) is 3.35. The molecule has 12 heteroatoms. The monoisotopic (exact) mass is 587 g/mol. The molecule has 176 valence electrons. The van der Waals surface area contributed by atoms with Gasteiger partial charge >= 0.3 is 17.9 Å². The third-order valence-corrected chi connectivity index (χ3v) is 7.23. The smallest absolute Gasteiger partial charge is 0.352 e. The van der Waals surface area contributed by atoms with E-state index in [-0.39, 0.29) is 36.3 Å². The van der Waals surface area contributed by atoms with Gasteiger partial charge in [0.15, 0.2) is 6.04 Å². The highest BCUT2D eigenvalue weighted by Gasteiger charge is 2.36. The van der Waals surface area contributed by atoms with Crippen molar-refractivity contribution in [2.45, 2.75) is 30.3 Å². The molecule has 10 nitrogen and oxygen atoms in total. The van der Waals surface area contributed by atoms with Crippen LogP contribution in [-0.2, 0) is 30.4 Å². The lowest BCUT2D eigenvalue weighted by Gasteiger charge is -2.31. The van der Waals surface area contributed by atoms with Crippen LogP contribution in [0.2, 0.25) is 0 Å². The van der Waals surface area contributed by atoms with Crippen LogP contribution in [0, 0.1) is 0 Å². The predicted octanol–water partition coefficient (Wildman–Crippen LogP) is 1.28. The number of aliphatic carboxylic acids is 2. The molecule has 1 amide bonds. The van der Waals surface area contributed by atoms with Gasteiger partial charge in [-0.2, -0.15) is 0 Å². The van der Waals surface area contributed by atoms with Gasteiger partial charge < -0.3 is 25.7 Å². The number of thioether (sulfide) groups is 1. The molecule has 1 fully saturated rings. The highest BCUT2D eigenvalue weighted by molar-refractivity contribution is 14.1. The van der Waals surface area contributed by atoms with Crippen LogP contribution < -0.4 is 10.6 Å². The van der Waals surface area contributed by atoms with Crippen molar-refractivity contribution in [3.05, 3.63) is 56.8 Å². The second-order valence-electron chi connectivity index (χ2n) is 7.38. The molecule has 0 spiro atoms. The van der Waals surface area contributed by atoms with E-state index in [1.165, 1.54) is 16.8 Å². The number of carbonyl (C=O) groups excluding carboxylic acids is 2. The number of nitrogens with zero attached hydrogens (tertiary/aromatic N) is 1. The molecule has 0 radical (unpaired) electrons. The molecular formula is C21H22IN3O7S. The lowest BCUT2D eigenvalue weighted by molar-refractivity contribution is -0.167. The Morgan fingerprint density at radius 3 is 2.61 bits per heavy atom. The van der Waals surface area contributed by atoms with E-state index < -0.39 is 29.3 Å². The van der Waals surface area contributed by atoms with Gasteiger partial charge in [-0.05, 0) is 34.2 Å². The minimum Gasteiger partial charge on any atom is -0.480 e. The minimum atomic E-state index is -1.34. The molecule has 0 saturated carbocycles. The summed E-state index contributed by atoms with van der Waals surface area (Å²) in [6.07, 6.45) is 1.89. The van der Waals surface area contributed by atoms with Gasteiger partial charge in [-0.15, -0.1) is 16.8 Å². The zero-order valence-electron chi connectivity index (χ0n) is 17.5. The SMILES string of the molecule is CN1OC(=O)CC1/C=C(\I)C1=C(C(=O)O)NC(C(NC(=O)Cc2ccccc2)C(=O)O)SC1. The molecule has 2 heterocycles. The van der Waals surface area contributed by atoms with Crippen LogP contribution in [0.15, 0.2) is 51.3 Å². The second kappa shape index (κ2) is 11.0. The van der Waals surface area contributed by atoms with E-state index in [1.807, 2.05) is 28.7 Å². The molecule has 0 aromatic heterocycles. The number of allylic oxidation sites excluding steroid dienone is 1. The zero-order chi connectivity index (χ0) is 24.1. The highest BCUT2D eigenvalue weighted by atomic mass is 127. The fourth-order valence-corrected chi connectivity index (χ4v) is 5.70. The Morgan fingerprint density at radius 1 is 1.33 bits per heavy atom. The van der Waals surface area contributed by atoms with Crippen LogP contribution in [-0.4, -0.2) is 69.3 Å². The molecule has 3 unspecified atom stereocenters. The van der Waals surface area contributed by atoms with E-state index in [2.05, 4.69) is 10.6 Å². The number of hydroxylamine groups is 2. The van der Waals surface area contributed by atoms with E-state index in [4.69, 9.17) is 4.84 Å². The molecule has 3 rings (SSSR count). The van der Waals surface area contributed by atoms with Crippen molar-refractivity contribution >= 4 is 58.2 Å². The van der Waals surface area contributed by atoms with Crippen molar-refractivity contribution in [2.24, 2.45) is 0 Å². The summed E-state index contributed by atoms with van der Waals surface area (Å²) in [7, 11) is 1.61. The Labute approximate surface area is 207 Å². The number of rotatable bonds is 8. The number of hydrogen-bond acceptors (Lipinski definition) is 8. The van der Waals surface area contributed by atoms with Gasteiger partial charge in [-0.1, -0.05) is 30.3 Å². The van der Waals surface area contributed by atoms with Crippen LogP contribution in [0.5, 0.6) is 0 Å². The Morgan fingerprint density at radius 2 is 2.03 bits per heavy atom. The fraction of sp³-hybridized carbons (Fsp3) is 0.333. The van der Waals surface area contributed by atoms with E-state index in [9.17, 15) is 29.4 Å².